The topological polar surface area (TPSA) is 92.6 Å². The second-order valence-electron chi connectivity index (χ2n) is 7.27. The zero-order valence-electron chi connectivity index (χ0n) is 15.2. The number of nitrogens with zero attached hydrogens (tertiary/aromatic N) is 4. The summed E-state index contributed by atoms with van der Waals surface area (Å²) in [7, 11) is -1.38. The van der Waals surface area contributed by atoms with Gasteiger partial charge in [-0.3, -0.25) is 9.59 Å². The molecule has 0 saturated carbocycles. The van der Waals surface area contributed by atoms with Gasteiger partial charge >= 0.3 is 0 Å². The van der Waals surface area contributed by atoms with Gasteiger partial charge in [0.15, 0.2) is 9.84 Å². The Bertz CT molecular complexity index is 1050. The van der Waals surface area contributed by atoms with Crippen molar-refractivity contribution in [3.8, 4) is 0 Å². The highest BCUT2D eigenvalue weighted by Crippen LogP contribution is 2.24. The number of carbonyl (C=O) groups excluding carboxylic acids is 1. The number of carbonyl (C=O) groups is 1. The standard InChI is InChI=1S/C18H22N4O4S/c1-20-12-19-16-10-14(2-3-15(16)18(20)24)21-5-7-22(8-6-21)17(23)13-4-9-27(25,26)11-13/h2-3,10,12-13H,4-9,11H2,1H3. The molecule has 1 amide bonds. The highest BCUT2D eigenvalue weighted by molar-refractivity contribution is 7.91. The fourth-order valence-corrected chi connectivity index (χ4v) is 5.56. The maximum Gasteiger partial charge on any atom is 0.260 e. The average molecular weight is 390 g/mol. The molecule has 2 saturated heterocycles. The van der Waals surface area contributed by atoms with Gasteiger partial charge in [-0.15, -0.1) is 0 Å². The summed E-state index contributed by atoms with van der Waals surface area (Å²) in [5.74, 6) is -0.327. The number of aromatic nitrogens is 2. The summed E-state index contributed by atoms with van der Waals surface area (Å²) in [5, 5.41) is 0.583. The fourth-order valence-electron chi connectivity index (χ4n) is 3.83. The van der Waals surface area contributed by atoms with Gasteiger partial charge in [0.2, 0.25) is 5.91 Å². The Balaban J connectivity index is 1.45. The molecule has 9 heteroatoms. The lowest BCUT2D eigenvalue weighted by Gasteiger charge is -2.37. The number of fused-ring (bicyclic) bond motifs is 1. The summed E-state index contributed by atoms with van der Waals surface area (Å²) >= 11 is 0. The Morgan fingerprint density at radius 2 is 1.93 bits per heavy atom. The summed E-state index contributed by atoms with van der Waals surface area (Å²) < 4.78 is 24.7. The molecular formula is C18H22N4O4S. The molecular weight excluding hydrogens is 368 g/mol. The van der Waals surface area contributed by atoms with E-state index >= 15 is 0 Å². The number of aryl methyl sites for hydroxylation is 1. The normalized spacial score (nSPS) is 22.3. The minimum absolute atomic E-state index is 0.0165. The first-order chi connectivity index (χ1) is 12.8. The molecule has 0 bridgehead atoms. The van der Waals surface area contributed by atoms with Gasteiger partial charge in [-0.2, -0.15) is 0 Å². The third-order valence-electron chi connectivity index (χ3n) is 5.44. The molecule has 1 atom stereocenters. The van der Waals surface area contributed by atoms with Crippen molar-refractivity contribution < 1.29 is 13.2 Å². The highest BCUT2D eigenvalue weighted by Gasteiger charge is 2.36. The molecule has 0 radical (unpaired) electrons. The number of piperazine rings is 1. The van der Waals surface area contributed by atoms with Crippen LogP contribution in [-0.4, -0.2) is 66.5 Å². The molecule has 1 aromatic heterocycles. The molecule has 144 valence electrons. The smallest absolute Gasteiger partial charge is 0.260 e. The van der Waals surface area contributed by atoms with E-state index in [4.69, 9.17) is 0 Å². The van der Waals surface area contributed by atoms with Gasteiger partial charge in [0.05, 0.1) is 34.7 Å². The lowest BCUT2D eigenvalue weighted by atomic mass is 10.1. The van der Waals surface area contributed by atoms with Crippen LogP contribution < -0.4 is 10.5 Å². The van der Waals surface area contributed by atoms with Crippen molar-refractivity contribution in [1.29, 1.82) is 0 Å². The van der Waals surface area contributed by atoms with Gasteiger partial charge in [-0.05, 0) is 24.6 Å². The second kappa shape index (κ2) is 6.63. The highest BCUT2D eigenvalue weighted by atomic mass is 32.2. The first-order valence-corrected chi connectivity index (χ1v) is 10.9. The number of hydrogen-bond acceptors (Lipinski definition) is 6. The summed E-state index contributed by atoms with van der Waals surface area (Å²) in [6.07, 6.45) is 1.95. The van der Waals surface area contributed by atoms with Crippen molar-refractivity contribution in [1.82, 2.24) is 14.5 Å². The fraction of sp³-hybridized carbons (Fsp3) is 0.500. The van der Waals surface area contributed by atoms with Crippen LogP contribution >= 0.6 is 0 Å². The molecule has 3 heterocycles. The Morgan fingerprint density at radius 1 is 1.19 bits per heavy atom. The second-order valence-corrected chi connectivity index (χ2v) is 9.50. The number of amides is 1. The van der Waals surface area contributed by atoms with Crippen molar-refractivity contribution in [2.75, 3.05) is 42.6 Å². The van der Waals surface area contributed by atoms with Gasteiger partial charge in [0.25, 0.3) is 5.56 Å². The van der Waals surface area contributed by atoms with Gasteiger partial charge in [-0.25, -0.2) is 13.4 Å². The van der Waals surface area contributed by atoms with Crippen LogP contribution in [0.5, 0.6) is 0 Å². The predicted octanol–water partition coefficient (Wildman–Crippen LogP) is 0.0168. The lowest BCUT2D eigenvalue weighted by Crippen LogP contribution is -2.50. The van der Waals surface area contributed by atoms with Crippen LogP contribution in [0.4, 0.5) is 5.69 Å². The molecule has 2 aromatic rings. The van der Waals surface area contributed by atoms with Crippen LogP contribution in [0.3, 0.4) is 0 Å². The monoisotopic (exact) mass is 390 g/mol. The molecule has 1 unspecified atom stereocenters. The number of sulfone groups is 1. The maximum atomic E-state index is 12.6. The van der Waals surface area contributed by atoms with E-state index < -0.39 is 9.84 Å². The molecule has 0 N–H and O–H groups in total. The molecule has 8 nitrogen and oxygen atoms in total. The van der Waals surface area contributed by atoms with Gasteiger partial charge in [0, 0.05) is 38.9 Å². The van der Waals surface area contributed by atoms with E-state index in [0.29, 0.717) is 43.5 Å². The molecule has 2 aliphatic heterocycles. The zero-order chi connectivity index (χ0) is 19.2. The first kappa shape index (κ1) is 18.0. The van der Waals surface area contributed by atoms with Crippen molar-refractivity contribution in [3.63, 3.8) is 0 Å². The summed E-state index contributed by atoms with van der Waals surface area (Å²) in [5.41, 5.74) is 1.55. The number of hydrogen-bond donors (Lipinski definition) is 0. The Labute approximate surface area is 157 Å². The van der Waals surface area contributed by atoms with E-state index in [-0.39, 0.29) is 28.9 Å². The minimum atomic E-state index is -3.05. The lowest BCUT2D eigenvalue weighted by molar-refractivity contribution is -0.135. The Kier molecular flexibility index (Phi) is 4.41. The molecule has 0 spiro atoms. The van der Waals surface area contributed by atoms with Crippen molar-refractivity contribution in [2.45, 2.75) is 6.42 Å². The number of rotatable bonds is 2. The van der Waals surface area contributed by atoms with E-state index in [2.05, 4.69) is 9.88 Å². The molecule has 2 fully saturated rings. The zero-order valence-corrected chi connectivity index (χ0v) is 16.0. The maximum absolute atomic E-state index is 12.6. The third kappa shape index (κ3) is 3.43. The van der Waals surface area contributed by atoms with Crippen LogP contribution in [0, 0.1) is 5.92 Å². The van der Waals surface area contributed by atoms with Crippen molar-refractivity contribution in [2.24, 2.45) is 13.0 Å². The molecule has 0 aliphatic carbocycles. The van der Waals surface area contributed by atoms with Crippen LogP contribution in [0.1, 0.15) is 6.42 Å². The summed E-state index contributed by atoms with van der Waals surface area (Å²) in [6.45, 7) is 2.47. The van der Waals surface area contributed by atoms with E-state index in [9.17, 15) is 18.0 Å². The molecule has 1 aromatic carbocycles. The SMILES string of the molecule is Cn1cnc2cc(N3CCN(C(=O)C4CCS(=O)(=O)C4)CC3)ccc2c1=O. The van der Waals surface area contributed by atoms with Gasteiger partial charge in [-0.1, -0.05) is 0 Å². The predicted molar refractivity (Wildman–Crippen MR) is 103 cm³/mol. The minimum Gasteiger partial charge on any atom is -0.368 e. The van der Waals surface area contributed by atoms with Gasteiger partial charge < -0.3 is 14.4 Å². The number of anilines is 1. The van der Waals surface area contributed by atoms with Crippen LogP contribution in [0.25, 0.3) is 10.9 Å². The van der Waals surface area contributed by atoms with E-state index in [0.717, 1.165) is 5.69 Å². The first-order valence-electron chi connectivity index (χ1n) is 9.04. The van der Waals surface area contributed by atoms with E-state index in [1.165, 1.54) is 10.9 Å². The third-order valence-corrected chi connectivity index (χ3v) is 7.21. The summed E-state index contributed by atoms with van der Waals surface area (Å²) in [6, 6.07) is 5.60. The van der Waals surface area contributed by atoms with Crippen molar-refractivity contribution in [3.05, 3.63) is 34.9 Å². The van der Waals surface area contributed by atoms with Gasteiger partial charge in [0.1, 0.15) is 0 Å². The Morgan fingerprint density at radius 3 is 2.59 bits per heavy atom. The van der Waals surface area contributed by atoms with Crippen molar-refractivity contribution >= 4 is 32.3 Å². The van der Waals surface area contributed by atoms with Crippen LogP contribution in [0.15, 0.2) is 29.3 Å². The molecule has 27 heavy (non-hydrogen) atoms. The Hall–Kier alpha value is -2.42. The average Bonchev–Trinajstić information content (AvgIpc) is 3.04. The molecule has 2 aliphatic rings. The summed E-state index contributed by atoms with van der Waals surface area (Å²) in [4.78, 5) is 33.0. The molecule has 4 rings (SSSR count). The van der Waals surface area contributed by atoms with E-state index in [1.54, 1.807) is 18.0 Å². The van der Waals surface area contributed by atoms with Crippen LogP contribution in [-0.2, 0) is 21.7 Å². The quantitative estimate of drug-likeness (QED) is 0.718. The number of benzene rings is 1. The largest absolute Gasteiger partial charge is 0.368 e. The van der Waals surface area contributed by atoms with E-state index in [1.807, 2.05) is 12.1 Å². The van der Waals surface area contributed by atoms with Crippen LogP contribution in [0.2, 0.25) is 0 Å².